The first-order valence-corrected chi connectivity index (χ1v) is 8.46. The van der Waals surface area contributed by atoms with Gasteiger partial charge in [0.1, 0.15) is 18.5 Å². The maximum absolute atomic E-state index is 11.1. The number of carbonyl (C=O) groups is 1. The highest BCUT2D eigenvalue weighted by Gasteiger charge is 2.21. The van der Waals surface area contributed by atoms with Crippen LogP contribution in [0.1, 0.15) is 32.3 Å². The smallest absolute Gasteiger partial charge is 0.217 e. The molecule has 23 heavy (non-hydrogen) atoms. The molecule has 1 atom stereocenters. The molecular formula is C18H28N2O3. The number of piperidine rings is 1. The molecule has 1 amide bonds. The number of ether oxygens (including phenoxy) is 1. The molecular weight excluding hydrogens is 292 g/mol. The Morgan fingerprint density at radius 3 is 2.57 bits per heavy atom. The zero-order valence-electron chi connectivity index (χ0n) is 14.1. The number of hydrogen-bond donors (Lipinski definition) is 2. The van der Waals surface area contributed by atoms with Crippen molar-refractivity contribution in [3.63, 3.8) is 0 Å². The quantitative estimate of drug-likeness (QED) is 0.801. The molecule has 0 bridgehead atoms. The van der Waals surface area contributed by atoms with Crippen LogP contribution >= 0.6 is 0 Å². The number of aliphatic hydroxyl groups excluding tert-OH is 1. The second-order valence-corrected chi connectivity index (χ2v) is 6.24. The lowest BCUT2D eigenvalue weighted by molar-refractivity contribution is -0.120. The summed E-state index contributed by atoms with van der Waals surface area (Å²) in [6, 6.07) is 8.27. The van der Waals surface area contributed by atoms with Crippen molar-refractivity contribution in [3.05, 3.63) is 29.8 Å². The first-order valence-electron chi connectivity index (χ1n) is 8.46. The van der Waals surface area contributed by atoms with Crippen molar-refractivity contribution in [1.29, 1.82) is 0 Å². The topological polar surface area (TPSA) is 61.8 Å². The van der Waals surface area contributed by atoms with E-state index in [1.54, 1.807) is 6.92 Å². The van der Waals surface area contributed by atoms with E-state index < -0.39 is 6.10 Å². The molecule has 2 N–H and O–H groups in total. The largest absolute Gasteiger partial charge is 0.491 e. The Bertz CT molecular complexity index is 482. The number of β-amino-alcohol motifs (C(OH)–C–C–N with tert-alkyl or cyclic N) is 1. The Hall–Kier alpha value is -1.59. The summed E-state index contributed by atoms with van der Waals surface area (Å²) in [5.74, 6) is 0.830. The molecule has 1 aliphatic rings. The highest BCUT2D eigenvalue weighted by molar-refractivity contribution is 5.73. The van der Waals surface area contributed by atoms with Gasteiger partial charge < -0.3 is 20.1 Å². The molecule has 5 heteroatoms. The number of aliphatic hydroxyl groups is 1. The molecule has 0 spiro atoms. The van der Waals surface area contributed by atoms with E-state index in [1.807, 2.05) is 12.1 Å². The molecule has 1 aromatic rings. The second-order valence-electron chi connectivity index (χ2n) is 6.24. The van der Waals surface area contributed by atoms with E-state index >= 15 is 0 Å². The number of rotatable bonds is 7. The van der Waals surface area contributed by atoms with E-state index in [4.69, 9.17) is 4.74 Å². The third kappa shape index (κ3) is 6.20. The standard InChI is InChI=1S/C18H28N2O3/c1-3-15-4-6-18(7-5-15)23-13-17(22)12-20-10-8-16(9-11-20)19-14(2)21/h4-7,16-17,22H,3,8-13H2,1-2H3,(H,19,21). The van der Waals surface area contributed by atoms with Crippen LogP contribution < -0.4 is 10.1 Å². The first kappa shape index (κ1) is 17.8. The van der Waals surface area contributed by atoms with Crippen LogP contribution in [0.15, 0.2) is 24.3 Å². The molecule has 1 heterocycles. The van der Waals surface area contributed by atoms with Crippen molar-refractivity contribution < 1.29 is 14.6 Å². The molecule has 128 valence electrons. The van der Waals surface area contributed by atoms with E-state index in [1.165, 1.54) is 5.56 Å². The molecule has 2 rings (SSSR count). The van der Waals surface area contributed by atoms with Crippen LogP contribution in [0.25, 0.3) is 0 Å². The van der Waals surface area contributed by atoms with E-state index in [0.29, 0.717) is 13.2 Å². The summed E-state index contributed by atoms with van der Waals surface area (Å²) in [7, 11) is 0. The van der Waals surface area contributed by atoms with Crippen LogP contribution in [0.3, 0.4) is 0 Å². The van der Waals surface area contributed by atoms with E-state index in [9.17, 15) is 9.90 Å². The van der Waals surface area contributed by atoms with Crippen molar-refractivity contribution in [1.82, 2.24) is 10.2 Å². The van der Waals surface area contributed by atoms with Crippen molar-refractivity contribution in [2.75, 3.05) is 26.2 Å². The number of aryl methyl sites for hydroxylation is 1. The summed E-state index contributed by atoms with van der Waals surface area (Å²) in [6.45, 7) is 6.38. The first-order chi connectivity index (χ1) is 11.1. The number of nitrogens with zero attached hydrogens (tertiary/aromatic N) is 1. The fourth-order valence-electron chi connectivity index (χ4n) is 2.91. The van der Waals surface area contributed by atoms with Crippen LogP contribution in [-0.2, 0) is 11.2 Å². The van der Waals surface area contributed by atoms with Gasteiger partial charge in [-0.05, 0) is 37.0 Å². The minimum atomic E-state index is -0.502. The number of nitrogens with one attached hydrogen (secondary N) is 1. The SMILES string of the molecule is CCc1ccc(OCC(O)CN2CCC(NC(C)=O)CC2)cc1. The highest BCUT2D eigenvalue weighted by Crippen LogP contribution is 2.14. The van der Waals surface area contributed by atoms with E-state index in [2.05, 4.69) is 29.3 Å². The van der Waals surface area contributed by atoms with Crippen molar-refractivity contribution in [2.45, 2.75) is 45.3 Å². The number of likely N-dealkylation sites (tertiary alicyclic amines) is 1. The lowest BCUT2D eigenvalue weighted by Crippen LogP contribution is -2.46. The Kier molecular flexibility index (Phi) is 6.86. The average molecular weight is 320 g/mol. The summed E-state index contributed by atoms with van der Waals surface area (Å²) in [4.78, 5) is 13.3. The molecule has 1 unspecified atom stereocenters. The van der Waals surface area contributed by atoms with Crippen LogP contribution in [0.5, 0.6) is 5.75 Å². The van der Waals surface area contributed by atoms with Crippen LogP contribution in [0.2, 0.25) is 0 Å². The Morgan fingerprint density at radius 2 is 2.00 bits per heavy atom. The lowest BCUT2D eigenvalue weighted by atomic mass is 10.0. The van der Waals surface area contributed by atoms with Crippen LogP contribution in [-0.4, -0.2) is 54.3 Å². The van der Waals surface area contributed by atoms with Gasteiger partial charge in [0, 0.05) is 32.6 Å². The Labute approximate surface area is 138 Å². The number of amides is 1. The van der Waals surface area contributed by atoms with Crippen molar-refractivity contribution >= 4 is 5.91 Å². The Morgan fingerprint density at radius 1 is 1.35 bits per heavy atom. The maximum atomic E-state index is 11.1. The fraction of sp³-hybridized carbons (Fsp3) is 0.611. The van der Waals surface area contributed by atoms with E-state index in [0.717, 1.165) is 38.1 Å². The highest BCUT2D eigenvalue weighted by atomic mass is 16.5. The van der Waals surface area contributed by atoms with Gasteiger partial charge in [-0.15, -0.1) is 0 Å². The van der Waals surface area contributed by atoms with Crippen LogP contribution in [0, 0.1) is 0 Å². The summed E-state index contributed by atoms with van der Waals surface area (Å²) in [5, 5.41) is 13.1. The molecule has 1 aromatic carbocycles. The van der Waals surface area contributed by atoms with Crippen molar-refractivity contribution in [3.8, 4) is 5.75 Å². The minimum absolute atomic E-state index is 0.0333. The van der Waals surface area contributed by atoms with Gasteiger partial charge in [-0.1, -0.05) is 19.1 Å². The Balaban J connectivity index is 1.66. The molecule has 1 fully saturated rings. The van der Waals surface area contributed by atoms with Crippen molar-refractivity contribution in [2.24, 2.45) is 0 Å². The molecule has 1 aliphatic heterocycles. The van der Waals surface area contributed by atoms with Gasteiger partial charge >= 0.3 is 0 Å². The maximum Gasteiger partial charge on any atom is 0.217 e. The monoisotopic (exact) mass is 320 g/mol. The lowest BCUT2D eigenvalue weighted by Gasteiger charge is -2.33. The summed E-state index contributed by atoms with van der Waals surface area (Å²) < 4.78 is 5.65. The fourth-order valence-corrected chi connectivity index (χ4v) is 2.91. The van der Waals surface area contributed by atoms with Gasteiger partial charge in [0.05, 0.1) is 0 Å². The molecule has 1 saturated heterocycles. The zero-order valence-corrected chi connectivity index (χ0v) is 14.1. The summed E-state index contributed by atoms with van der Waals surface area (Å²) in [6.07, 6.45) is 2.38. The molecule has 0 aliphatic carbocycles. The number of benzene rings is 1. The predicted octanol–water partition coefficient (Wildman–Crippen LogP) is 1.59. The second kappa shape index (κ2) is 8.89. The zero-order chi connectivity index (χ0) is 16.7. The van der Waals surface area contributed by atoms with Gasteiger partial charge in [0.2, 0.25) is 5.91 Å². The minimum Gasteiger partial charge on any atom is -0.491 e. The van der Waals surface area contributed by atoms with Gasteiger partial charge in [-0.2, -0.15) is 0 Å². The normalized spacial score (nSPS) is 17.7. The molecule has 0 saturated carbocycles. The van der Waals surface area contributed by atoms with E-state index in [-0.39, 0.29) is 11.9 Å². The molecule has 0 aromatic heterocycles. The van der Waals surface area contributed by atoms with Gasteiger partial charge in [0.25, 0.3) is 0 Å². The average Bonchev–Trinajstić information content (AvgIpc) is 2.55. The summed E-state index contributed by atoms with van der Waals surface area (Å²) >= 11 is 0. The number of hydrogen-bond acceptors (Lipinski definition) is 4. The molecule has 0 radical (unpaired) electrons. The van der Waals surface area contributed by atoms with Gasteiger partial charge in [-0.3, -0.25) is 4.79 Å². The van der Waals surface area contributed by atoms with Crippen LogP contribution in [0.4, 0.5) is 0 Å². The third-order valence-electron chi connectivity index (χ3n) is 4.24. The number of carbonyl (C=O) groups excluding carboxylic acids is 1. The van der Waals surface area contributed by atoms with Gasteiger partial charge in [0.15, 0.2) is 0 Å². The molecule has 5 nitrogen and oxygen atoms in total. The summed E-state index contributed by atoms with van der Waals surface area (Å²) in [5.41, 5.74) is 1.28. The third-order valence-corrected chi connectivity index (χ3v) is 4.24. The van der Waals surface area contributed by atoms with Gasteiger partial charge in [-0.25, -0.2) is 0 Å². The predicted molar refractivity (Wildman–Crippen MR) is 90.6 cm³/mol.